The third-order valence-corrected chi connectivity index (χ3v) is 5.61. The van der Waals surface area contributed by atoms with Crippen LogP contribution < -0.4 is 0 Å². The zero-order valence-electron chi connectivity index (χ0n) is 13.6. The molecular weight excluding hydrogens is 294 g/mol. The van der Waals surface area contributed by atoms with Crippen LogP contribution in [0.4, 0.5) is 0 Å². The SMILES string of the molecule is COCCC1=CC=C2C(Cl)=CC=C[N+]12CC1CCCCCC1. The number of allylic oxidation sites excluding steroid dienone is 5. The largest absolute Gasteiger partial charge is 0.384 e. The number of rotatable bonds is 5. The monoisotopic (exact) mass is 320 g/mol. The van der Waals surface area contributed by atoms with E-state index in [2.05, 4.69) is 24.4 Å². The van der Waals surface area contributed by atoms with Gasteiger partial charge >= 0.3 is 0 Å². The number of hydrogen-bond acceptors (Lipinski definition) is 1. The Hall–Kier alpha value is -0.830. The lowest BCUT2D eigenvalue weighted by Gasteiger charge is -2.38. The number of fused-ring (bicyclic) bond motifs is 1. The number of quaternary nitrogens is 1. The number of hydrogen-bond donors (Lipinski definition) is 0. The van der Waals surface area contributed by atoms with E-state index in [0.29, 0.717) is 0 Å². The van der Waals surface area contributed by atoms with Crippen LogP contribution in [0.5, 0.6) is 0 Å². The Labute approximate surface area is 139 Å². The van der Waals surface area contributed by atoms with Crippen LogP contribution in [0.15, 0.2) is 46.9 Å². The van der Waals surface area contributed by atoms with Crippen LogP contribution in [0.25, 0.3) is 0 Å². The van der Waals surface area contributed by atoms with Gasteiger partial charge in [0.05, 0.1) is 13.2 Å². The Kier molecular flexibility index (Phi) is 5.22. The van der Waals surface area contributed by atoms with Crippen LogP contribution >= 0.6 is 11.6 Å². The van der Waals surface area contributed by atoms with Gasteiger partial charge in [0.25, 0.3) is 0 Å². The molecule has 0 aromatic carbocycles. The fourth-order valence-electron chi connectivity index (χ4n) is 4.12. The molecule has 0 bridgehead atoms. The van der Waals surface area contributed by atoms with Gasteiger partial charge in [0.1, 0.15) is 16.9 Å². The maximum atomic E-state index is 6.52. The Bertz CT molecular complexity index is 524. The molecule has 2 heterocycles. The molecule has 0 amide bonds. The summed E-state index contributed by atoms with van der Waals surface area (Å²) in [5.74, 6) is 0.794. The summed E-state index contributed by atoms with van der Waals surface area (Å²) in [6.07, 6.45) is 20.2. The molecule has 1 saturated carbocycles. The highest BCUT2D eigenvalue weighted by molar-refractivity contribution is 6.32. The fourth-order valence-corrected chi connectivity index (χ4v) is 4.41. The van der Waals surface area contributed by atoms with Crippen molar-refractivity contribution in [2.45, 2.75) is 44.9 Å². The van der Waals surface area contributed by atoms with Crippen molar-refractivity contribution in [2.75, 3.05) is 20.3 Å². The molecule has 22 heavy (non-hydrogen) atoms. The molecule has 0 N–H and O–H groups in total. The van der Waals surface area contributed by atoms with Crippen molar-refractivity contribution in [1.82, 2.24) is 0 Å². The van der Waals surface area contributed by atoms with E-state index < -0.39 is 0 Å². The van der Waals surface area contributed by atoms with Gasteiger partial charge in [-0.25, -0.2) is 4.48 Å². The van der Waals surface area contributed by atoms with Gasteiger partial charge in [-0.05, 0) is 25.0 Å². The Morgan fingerprint density at radius 3 is 2.64 bits per heavy atom. The normalized spacial score (nSPS) is 28.7. The lowest BCUT2D eigenvalue weighted by molar-refractivity contribution is -0.803. The molecule has 2 aliphatic heterocycles. The zero-order chi connectivity index (χ0) is 15.4. The van der Waals surface area contributed by atoms with Crippen molar-refractivity contribution in [1.29, 1.82) is 0 Å². The predicted molar refractivity (Wildman–Crippen MR) is 92.1 cm³/mol. The molecule has 3 aliphatic rings. The van der Waals surface area contributed by atoms with Gasteiger partial charge < -0.3 is 4.74 Å². The molecule has 1 unspecified atom stereocenters. The van der Waals surface area contributed by atoms with Gasteiger partial charge in [-0.1, -0.05) is 37.3 Å². The molecule has 3 rings (SSSR count). The average molecular weight is 321 g/mol. The summed E-state index contributed by atoms with van der Waals surface area (Å²) >= 11 is 6.52. The van der Waals surface area contributed by atoms with E-state index in [4.69, 9.17) is 16.3 Å². The summed E-state index contributed by atoms with van der Waals surface area (Å²) in [5.41, 5.74) is 2.67. The van der Waals surface area contributed by atoms with Crippen LogP contribution in [0, 0.1) is 5.92 Å². The summed E-state index contributed by atoms with van der Waals surface area (Å²) in [4.78, 5) is 0. The van der Waals surface area contributed by atoms with Crippen LogP contribution in [0.3, 0.4) is 0 Å². The number of ether oxygens (including phenoxy) is 1. The van der Waals surface area contributed by atoms with Crippen molar-refractivity contribution in [3.05, 3.63) is 46.9 Å². The third-order valence-electron chi connectivity index (χ3n) is 5.29. The van der Waals surface area contributed by atoms with E-state index >= 15 is 0 Å². The number of methoxy groups -OCH3 is 1. The third kappa shape index (κ3) is 3.10. The van der Waals surface area contributed by atoms with Crippen molar-refractivity contribution < 1.29 is 9.22 Å². The Morgan fingerprint density at radius 1 is 1.14 bits per heavy atom. The van der Waals surface area contributed by atoms with Crippen molar-refractivity contribution >= 4 is 11.6 Å². The summed E-state index contributed by atoms with van der Waals surface area (Å²) in [6, 6.07) is 0. The summed E-state index contributed by atoms with van der Waals surface area (Å²) < 4.78 is 6.16. The highest BCUT2D eigenvalue weighted by Crippen LogP contribution is 2.43. The summed E-state index contributed by atoms with van der Waals surface area (Å²) in [5, 5.41) is 0.889. The lowest BCUT2D eigenvalue weighted by Crippen LogP contribution is -2.44. The highest BCUT2D eigenvalue weighted by atomic mass is 35.5. The highest BCUT2D eigenvalue weighted by Gasteiger charge is 2.43. The molecule has 0 aromatic rings. The fraction of sp³-hybridized carbons (Fsp3) is 0.579. The summed E-state index contributed by atoms with van der Waals surface area (Å²) in [7, 11) is 1.78. The molecule has 120 valence electrons. The van der Waals surface area contributed by atoms with E-state index in [9.17, 15) is 0 Å². The zero-order valence-corrected chi connectivity index (χ0v) is 14.3. The lowest BCUT2D eigenvalue weighted by atomic mass is 9.97. The summed E-state index contributed by atoms with van der Waals surface area (Å²) in [6.45, 7) is 1.93. The van der Waals surface area contributed by atoms with Gasteiger partial charge in [0.2, 0.25) is 0 Å². The first-order valence-corrected chi connectivity index (χ1v) is 8.98. The van der Waals surface area contributed by atoms with E-state index in [-0.39, 0.29) is 0 Å². The van der Waals surface area contributed by atoms with Crippen molar-refractivity contribution in [2.24, 2.45) is 5.92 Å². The van der Waals surface area contributed by atoms with Crippen LogP contribution in [-0.4, -0.2) is 24.7 Å². The van der Waals surface area contributed by atoms with Gasteiger partial charge in [0.15, 0.2) is 5.70 Å². The topological polar surface area (TPSA) is 9.23 Å². The molecule has 0 radical (unpaired) electrons. The Morgan fingerprint density at radius 2 is 1.91 bits per heavy atom. The second-order valence-corrected chi connectivity index (χ2v) is 7.13. The minimum atomic E-state index is 0.771. The minimum Gasteiger partial charge on any atom is -0.384 e. The van der Waals surface area contributed by atoms with Gasteiger partial charge in [-0.3, -0.25) is 0 Å². The van der Waals surface area contributed by atoms with Crippen molar-refractivity contribution in [3.8, 4) is 0 Å². The smallest absolute Gasteiger partial charge is 0.161 e. The minimum absolute atomic E-state index is 0.771. The number of nitrogens with zero attached hydrogens (tertiary/aromatic N) is 1. The van der Waals surface area contributed by atoms with Crippen molar-refractivity contribution in [3.63, 3.8) is 0 Å². The van der Waals surface area contributed by atoms with E-state index in [1.54, 1.807) is 7.11 Å². The van der Waals surface area contributed by atoms with Gasteiger partial charge in [-0.15, -0.1) is 0 Å². The first-order chi connectivity index (χ1) is 10.8. The van der Waals surface area contributed by atoms with E-state index in [1.165, 1.54) is 49.9 Å². The molecule has 0 spiro atoms. The second kappa shape index (κ2) is 7.16. The molecule has 1 fully saturated rings. The molecule has 1 aliphatic carbocycles. The van der Waals surface area contributed by atoms with Crippen LogP contribution in [0.2, 0.25) is 0 Å². The maximum Gasteiger partial charge on any atom is 0.161 e. The maximum absolute atomic E-state index is 6.52. The first-order valence-electron chi connectivity index (χ1n) is 8.60. The average Bonchev–Trinajstić information content (AvgIpc) is 2.69. The first kappa shape index (κ1) is 16.0. The molecule has 0 aromatic heterocycles. The number of halogens is 1. The second-order valence-electron chi connectivity index (χ2n) is 6.72. The molecule has 2 nitrogen and oxygen atoms in total. The quantitative estimate of drug-likeness (QED) is 0.497. The predicted octanol–water partition coefficient (Wildman–Crippen LogP) is 5.24. The molecule has 3 heteroatoms. The molecule has 0 saturated heterocycles. The van der Waals surface area contributed by atoms with E-state index in [0.717, 1.165) is 35.0 Å². The van der Waals surface area contributed by atoms with Crippen LogP contribution in [0.1, 0.15) is 44.9 Å². The van der Waals surface area contributed by atoms with Gasteiger partial charge in [0, 0.05) is 31.6 Å². The van der Waals surface area contributed by atoms with Crippen LogP contribution in [-0.2, 0) is 4.74 Å². The Balaban J connectivity index is 1.83. The standard InChI is InChI=1S/C19H27ClNO/c1-22-14-12-17-10-11-19-18(20)9-6-13-21(17,19)15-16-7-4-2-3-5-8-16/h6,9-11,13,16H,2-5,7-8,12,14-15H2,1H3/q+1. The molecular formula is C19H27ClNO+. The van der Waals surface area contributed by atoms with E-state index in [1.807, 2.05) is 6.08 Å². The van der Waals surface area contributed by atoms with Gasteiger partial charge in [-0.2, -0.15) is 0 Å². The molecule has 1 atom stereocenters.